The van der Waals surface area contributed by atoms with Crippen LogP contribution in [-0.4, -0.2) is 12.0 Å². The fourth-order valence-electron chi connectivity index (χ4n) is 1.28. The zero-order valence-electron chi connectivity index (χ0n) is 7.09. The minimum Gasteiger partial charge on any atom is -0.388 e. The molecule has 2 aromatic rings. The molecule has 0 bridgehead atoms. The number of fused-ring (bicyclic) bond motifs is 1. The van der Waals surface area contributed by atoms with Crippen LogP contribution in [0.4, 0.5) is 5.69 Å². The molecule has 2 nitrogen and oxygen atoms in total. The molecule has 2 rings (SSSR count). The van der Waals surface area contributed by atoms with Crippen molar-refractivity contribution in [2.45, 2.75) is 6.92 Å². The van der Waals surface area contributed by atoms with Gasteiger partial charge in [0.1, 0.15) is 0 Å². The van der Waals surface area contributed by atoms with Crippen molar-refractivity contribution in [1.82, 2.24) is 4.98 Å². The summed E-state index contributed by atoms with van der Waals surface area (Å²) in [5.74, 6) is 0. The lowest BCUT2D eigenvalue weighted by molar-refractivity contribution is 1.41. The molecule has 0 spiro atoms. The molecule has 1 aromatic carbocycles. The first-order valence-corrected chi connectivity index (χ1v) is 4.71. The quantitative estimate of drug-likeness (QED) is 0.726. The molecule has 0 aliphatic rings. The van der Waals surface area contributed by atoms with Crippen LogP contribution in [0, 0.1) is 6.92 Å². The number of hydrogen-bond acceptors (Lipinski definition) is 3. The molecule has 0 saturated carbocycles. The topological polar surface area (TPSA) is 24.9 Å². The Morgan fingerprint density at radius 1 is 1.42 bits per heavy atom. The van der Waals surface area contributed by atoms with Crippen LogP contribution in [0.25, 0.3) is 10.2 Å². The second-order valence-corrected chi connectivity index (χ2v) is 3.62. The Bertz CT molecular complexity index is 406. The minimum absolute atomic E-state index is 1.09. The van der Waals surface area contributed by atoms with E-state index in [-0.39, 0.29) is 0 Å². The van der Waals surface area contributed by atoms with Gasteiger partial charge in [-0.15, -0.1) is 11.3 Å². The van der Waals surface area contributed by atoms with Gasteiger partial charge in [0, 0.05) is 12.7 Å². The summed E-state index contributed by atoms with van der Waals surface area (Å²) in [5, 5.41) is 3.16. The van der Waals surface area contributed by atoms with Crippen molar-refractivity contribution in [3.8, 4) is 0 Å². The van der Waals surface area contributed by atoms with E-state index in [0.29, 0.717) is 0 Å². The number of aryl methyl sites for hydroxylation is 1. The molecule has 3 heteroatoms. The molecule has 62 valence electrons. The van der Waals surface area contributed by atoms with Gasteiger partial charge < -0.3 is 5.32 Å². The Hall–Kier alpha value is -1.09. The molecule has 1 heterocycles. The summed E-state index contributed by atoms with van der Waals surface area (Å²) in [6.45, 7) is 2.09. The van der Waals surface area contributed by atoms with Crippen LogP contribution < -0.4 is 5.32 Å². The van der Waals surface area contributed by atoms with Crippen LogP contribution in [0.3, 0.4) is 0 Å². The van der Waals surface area contributed by atoms with Gasteiger partial charge in [0.15, 0.2) is 0 Å². The number of rotatable bonds is 1. The summed E-state index contributed by atoms with van der Waals surface area (Å²) >= 11 is 1.67. The van der Waals surface area contributed by atoms with Crippen molar-refractivity contribution in [3.63, 3.8) is 0 Å². The highest BCUT2D eigenvalue weighted by Gasteiger charge is 2.00. The predicted molar refractivity (Wildman–Crippen MR) is 53.9 cm³/mol. The third-order valence-electron chi connectivity index (χ3n) is 1.95. The number of hydrogen-bond donors (Lipinski definition) is 1. The highest BCUT2D eigenvalue weighted by atomic mass is 32.1. The minimum atomic E-state index is 1.09. The number of anilines is 1. The van der Waals surface area contributed by atoms with E-state index in [4.69, 9.17) is 0 Å². The number of thiazole rings is 1. The normalized spacial score (nSPS) is 10.5. The standard InChI is InChI=1S/C9H10N2S/c1-6-3-8-9(12-5-11-8)4-7(6)10-2/h3-5,10H,1-2H3. The van der Waals surface area contributed by atoms with E-state index in [1.807, 2.05) is 12.6 Å². The first kappa shape index (κ1) is 7.55. The highest BCUT2D eigenvalue weighted by molar-refractivity contribution is 7.16. The summed E-state index contributed by atoms with van der Waals surface area (Å²) in [5.41, 5.74) is 5.41. The number of nitrogens with zero attached hydrogens (tertiary/aromatic N) is 1. The predicted octanol–water partition coefficient (Wildman–Crippen LogP) is 2.65. The summed E-state index contributed by atoms with van der Waals surface area (Å²) in [7, 11) is 1.94. The third-order valence-corrected chi connectivity index (χ3v) is 2.74. The maximum absolute atomic E-state index is 4.25. The van der Waals surface area contributed by atoms with Crippen LogP contribution >= 0.6 is 11.3 Å². The zero-order chi connectivity index (χ0) is 8.55. The molecule has 1 aromatic heterocycles. The largest absolute Gasteiger partial charge is 0.388 e. The molecule has 0 radical (unpaired) electrons. The Balaban J connectivity index is 2.73. The Kier molecular flexibility index (Phi) is 1.73. The van der Waals surface area contributed by atoms with Gasteiger partial charge in [-0.05, 0) is 24.6 Å². The van der Waals surface area contributed by atoms with Crippen molar-refractivity contribution in [1.29, 1.82) is 0 Å². The lowest BCUT2D eigenvalue weighted by atomic mass is 10.2. The summed E-state index contributed by atoms with van der Waals surface area (Å²) in [6.07, 6.45) is 0. The summed E-state index contributed by atoms with van der Waals surface area (Å²) in [6, 6.07) is 4.25. The molecule has 0 atom stereocenters. The molecule has 0 aliphatic heterocycles. The van der Waals surface area contributed by atoms with Crippen molar-refractivity contribution in [2.75, 3.05) is 12.4 Å². The second kappa shape index (κ2) is 2.75. The SMILES string of the molecule is CNc1cc2scnc2cc1C. The molecule has 0 unspecified atom stereocenters. The highest BCUT2D eigenvalue weighted by Crippen LogP contribution is 2.24. The van der Waals surface area contributed by atoms with E-state index in [2.05, 4.69) is 29.4 Å². The fourth-order valence-corrected chi connectivity index (χ4v) is 1.98. The molecule has 12 heavy (non-hydrogen) atoms. The molecule has 0 fully saturated rings. The first-order valence-electron chi connectivity index (χ1n) is 3.83. The van der Waals surface area contributed by atoms with Gasteiger partial charge in [-0.2, -0.15) is 0 Å². The van der Waals surface area contributed by atoms with Crippen molar-refractivity contribution in [3.05, 3.63) is 23.2 Å². The van der Waals surface area contributed by atoms with E-state index in [1.165, 1.54) is 16.0 Å². The lowest BCUT2D eigenvalue weighted by Gasteiger charge is -2.03. The first-order chi connectivity index (χ1) is 5.81. The third kappa shape index (κ3) is 1.06. The van der Waals surface area contributed by atoms with Crippen LogP contribution in [0.15, 0.2) is 17.6 Å². The van der Waals surface area contributed by atoms with Gasteiger partial charge in [-0.1, -0.05) is 0 Å². The Morgan fingerprint density at radius 3 is 3.00 bits per heavy atom. The smallest absolute Gasteiger partial charge is 0.0816 e. The van der Waals surface area contributed by atoms with E-state index in [0.717, 1.165) is 5.52 Å². The fraction of sp³-hybridized carbons (Fsp3) is 0.222. The molecular weight excluding hydrogens is 168 g/mol. The molecule has 0 saturated heterocycles. The molecule has 0 aliphatic carbocycles. The summed E-state index contributed by atoms with van der Waals surface area (Å²) < 4.78 is 1.24. The lowest BCUT2D eigenvalue weighted by Crippen LogP contribution is -1.90. The molecule has 1 N–H and O–H groups in total. The van der Waals surface area contributed by atoms with E-state index in [9.17, 15) is 0 Å². The van der Waals surface area contributed by atoms with Gasteiger partial charge in [0.05, 0.1) is 15.7 Å². The average Bonchev–Trinajstić information content (AvgIpc) is 2.49. The zero-order valence-corrected chi connectivity index (χ0v) is 7.90. The Morgan fingerprint density at radius 2 is 2.25 bits per heavy atom. The van der Waals surface area contributed by atoms with Crippen LogP contribution in [0.1, 0.15) is 5.56 Å². The number of aromatic nitrogens is 1. The Labute approximate surface area is 75.3 Å². The van der Waals surface area contributed by atoms with E-state index >= 15 is 0 Å². The number of benzene rings is 1. The van der Waals surface area contributed by atoms with E-state index < -0.39 is 0 Å². The molecule has 0 amide bonds. The monoisotopic (exact) mass is 178 g/mol. The average molecular weight is 178 g/mol. The number of nitrogens with one attached hydrogen (secondary N) is 1. The van der Waals surface area contributed by atoms with Crippen molar-refractivity contribution < 1.29 is 0 Å². The second-order valence-electron chi connectivity index (χ2n) is 2.74. The van der Waals surface area contributed by atoms with Gasteiger partial charge in [-0.25, -0.2) is 4.98 Å². The van der Waals surface area contributed by atoms with Crippen LogP contribution in [-0.2, 0) is 0 Å². The van der Waals surface area contributed by atoms with Gasteiger partial charge in [0.2, 0.25) is 0 Å². The summed E-state index contributed by atoms with van der Waals surface area (Å²) in [4.78, 5) is 4.25. The molecular formula is C9H10N2S. The van der Waals surface area contributed by atoms with Gasteiger partial charge in [-0.3, -0.25) is 0 Å². The van der Waals surface area contributed by atoms with Crippen molar-refractivity contribution >= 4 is 27.2 Å². The maximum atomic E-state index is 4.25. The van der Waals surface area contributed by atoms with Crippen LogP contribution in [0.2, 0.25) is 0 Å². The van der Waals surface area contributed by atoms with E-state index in [1.54, 1.807) is 11.3 Å². The maximum Gasteiger partial charge on any atom is 0.0816 e. The van der Waals surface area contributed by atoms with Gasteiger partial charge >= 0.3 is 0 Å². The van der Waals surface area contributed by atoms with Gasteiger partial charge in [0.25, 0.3) is 0 Å². The van der Waals surface area contributed by atoms with Crippen molar-refractivity contribution in [2.24, 2.45) is 0 Å². The van der Waals surface area contributed by atoms with Crippen LogP contribution in [0.5, 0.6) is 0 Å².